The van der Waals surface area contributed by atoms with Crippen LogP contribution in [0.5, 0.6) is 0 Å². The largest absolute Gasteiger partial charge is 0.470 e. The van der Waals surface area contributed by atoms with E-state index in [0.717, 1.165) is 5.69 Å². The minimum absolute atomic E-state index is 0.0328. The molecule has 3 nitrogen and oxygen atoms in total. The predicted octanol–water partition coefficient (Wildman–Crippen LogP) is 2.19. The van der Waals surface area contributed by atoms with E-state index in [1.807, 2.05) is 12.1 Å². The maximum absolute atomic E-state index is 10.8. The highest BCUT2D eigenvalue weighted by Crippen LogP contribution is 2.18. The van der Waals surface area contributed by atoms with Crippen LogP contribution in [-0.2, 0) is 9.53 Å². The average molecular weight is 210 g/mol. The summed E-state index contributed by atoms with van der Waals surface area (Å²) in [5, 5.41) is 3.58. The van der Waals surface area contributed by atoms with E-state index in [9.17, 15) is 4.79 Å². The van der Waals surface area contributed by atoms with Gasteiger partial charge in [-0.05, 0) is 18.2 Å². The van der Waals surface area contributed by atoms with Gasteiger partial charge in [0.25, 0.3) is 0 Å². The van der Waals surface area contributed by atoms with E-state index in [0.29, 0.717) is 10.9 Å². The number of ether oxygens (including phenoxy) is 1. The molecule has 4 heteroatoms. The molecule has 0 radical (unpaired) electrons. The molecule has 0 spiro atoms. The smallest absolute Gasteiger partial charge is 0.198 e. The minimum atomic E-state index is -0.0328. The number of anilines is 1. The normalized spacial score (nSPS) is 14.9. The van der Waals surface area contributed by atoms with Crippen molar-refractivity contribution in [3.63, 3.8) is 0 Å². The Morgan fingerprint density at radius 1 is 1.43 bits per heavy atom. The topological polar surface area (TPSA) is 38.3 Å². The molecule has 0 saturated carbocycles. The van der Waals surface area contributed by atoms with Crippen molar-refractivity contribution in [1.29, 1.82) is 0 Å². The van der Waals surface area contributed by atoms with Gasteiger partial charge in [0.05, 0.1) is 0 Å². The molecule has 1 aromatic rings. The maximum Gasteiger partial charge on any atom is 0.198 e. The SMILES string of the molecule is O=C1C=C(Nc2cccc(Cl)c2)OC1. The molecule has 1 aliphatic rings. The Morgan fingerprint density at radius 3 is 2.93 bits per heavy atom. The first-order valence-electron chi connectivity index (χ1n) is 4.14. The molecule has 0 atom stereocenters. The van der Waals surface area contributed by atoms with Crippen LogP contribution in [0.4, 0.5) is 5.69 Å². The average Bonchev–Trinajstić information content (AvgIpc) is 2.51. The molecule has 72 valence electrons. The first-order valence-corrected chi connectivity index (χ1v) is 4.52. The highest BCUT2D eigenvalue weighted by atomic mass is 35.5. The Balaban J connectivity index is 2.11. The fraction of sp³-hybridized carbons (Fsp3) is 0.100. The summed E-state index contributed by atoms with van der Waals surface area (Å²) in [7, 11) is 0. The van der Waals surface area contributed by atoms with Crippen LogP contribution in [0, 0.1) is 0 Å². The molecule has 0 amide bonds. The lowest BCUT2D eigenvalue weighted by Crippen LogP contribution is -1.99. The van der Waals surface area contributed by atoms with E-state index in [2.05, 4.69) is 5.32 Å². The number of hydrogen-bond acceptors (Lipinski definition) is 3. The second-order valence-electron chi connectivity index (χ2n) is 2.90. The zero-order valence-corrected chi connectivity index (χ0v) is 8.04. The monoisotopic (exact) mass is 209 g/mol. The third-order valence-corrected chi connectivity index (χ3v) is 1.99. The van der Waals surface area contributed by atoms with Crippen molar-refractivity contribution < 1.29 is 9.53 Å². The van der Waals surface area contributed by atoms with Crippen molar-refractivity contribution in [1.82, 2.24) is 0 Å². The standard InChI is InChI=1S/C10H8ClNO2/c11-7-2-1-3-8(4-7)12-10-5-9(13)6-14-10/h1-5,12H,6H2. The van der Waals surface area contributed by atoms with Crippen molar-refractivity contribution in [2.75, 3.05) is 11.9 Å². The van der Waals surface area contributed by atoms with Gasteiger partial charge in [0, 0.05) is 16.8 Å². The first-order chi connectivity index (χ1) is 6.74. The molecule has 0 saturated heterocycles. The van der Waals surface area contributed by atoms with Crippen LogP contribution in [0.3, 0.4) is 0 Å². The molecule has 0 unspecified atom stereocenters. The number of rotatable bonds is 2. The van der Waals surface area contributed by atoms with Crippen LogP contribution in [0.1, 0.15) is 0 Å². The Hall–Kier alpha value is -1.48. The number of carbonyl (C=O) groups is 1. The number of nitrogens with one attached hydrogen (secondary N) is 1. The molecule has 14 heavy (non-hydrogen) atoms. The third-order valence-electron chi connectivity index (χ3n) is 1.75. The number of ketones is 1. The van der Waals surface area contributed by atoms with Gasteiger partial charge in [0.15, 0.2) is 18.3 Å². The highest BCUT2D eigenvalue weighted by molar-refractivity contribution is 6.30. The van der Waals surface area contributed by atoms with E-state index < -0.39 is 0 Å². The van der Waals surface area contributed by atoms with Crippen LogP contribution in [0.2, 0.25) is 5.02 Å². The zero-order chi connectivity index (χ0) is 9.97. The molecule has 2 rings (SSSR count). The minimum Gasteiger partial charge on any atom is -0.470 e. The Morgan fingerprint density at radius 2 is 2.29 bits per heavy atom. The highest BCUT2D eigenvalue weighted by Gasteiger charge is 2.12. The lowest BCUT2D eigenvalue weighted by Gasteiger charge is -2.06. The fourth-order valence-electron chi connectivity index (χ4n) is 1.16. The van der Waals surface area contributed by atoms with E-state index in [-0.39, 0.29) is 12.4 Å². The molecule has 1 aliphatic heterocycles. The number of hydrogen-bond donors (Lipinski definition) is 1. The molecule has 0 aliphatic carbocycles. The zero-order valence-electron chi connectivity index (χ0n) is 7.29. The van der Waals surface area contributed by atoms with Crippen molar-refractivity contribution in [3.8, 4) is 0 Å². The summed E-state index contributed by atoms with van der Waals surface area (Å²) in [5.74, 6) is 0.437. The molecule has 0 fully saturated rings. The third kappa shape index (κ3) is 2.06. The van der Waals surface area contributed by atoms with Gasteiger partial charge in [0.2, 0.25) is 0 Å². The van der Waals surface area contributed by atoms with Crippen molar-refractivity contribution in [3.05, 3.63) is 41.2 Å². The van der Waals surface area contributed by atoms with Gasteiger partial charge in [-0.15, -0.1) is 0 Å². The van der Waals surface area contributed by atoms with Crippen LogP contribution < -0.4 is 5.32 Å². The summed E-state index contributed by atoms with van der Waals surface area (Å²) in [5.41, 5.74) is 0.804. The Labute approximate surface area is 86.3 Å². The number of benzene rings is 1. The summed E-state index contributed by atoms with van der Waals surface area (Å²) >= 11 is 5.79. The quantitative estimate of drug-likeness (QED) is 0.812. The molecule has 0 aromatic heterocycles. The molecule has 1 heterocycles. The summed E-state index contributed by atoms with van der Waals surface area (Å²) < 4.78 is 5.07. The van der Waals surface area contributed by atoms with E-state index in [4.69, 9.17) is 16.3 Å². The Bertz CT molecular complexity index is 401. The second-order valence-corrected chi connectivity index (χ2v) is 3.34. The molecule has 1 aromatic carbocycles. The lowest BCUT2D eigenvalue weighted by molar-refractivity contribution is -0.115. The molecular weight excluding hydrogens is 202 g/mol. The van der Waals surface area contributed by atoms with E-state index in [1.54, 1.807) is 12.1 Å². The van der Waals surface area contributed by atoms with Gasteiger partial charge in [-0.3, -0.25) is 4.79 Å². The van der Waals surface area contributed by atoms with E-state index in [1.165, 1.54) is 6.08 Å². The van der Waals surface area contributed by atoms with Gasteiger partial charge in [-0.25, -0.2) is 0 Å². The molecule has 1 N–H and O–H groups in total. The van der Waals surface area contributed by atoms with Crippen molar-refractivity contribution >= 4 is 23.1 Å². The van der Waals surface area contributed by atoms with Gasteiger partial charge < -0.3 is 10.1 Å². The Kier molecular flexibility index (Phi) is 2.41. The molecular formula is C10H8ClNO2. The van der Waals surface area contributed by atoms with Crippen molar-refractivity contribution in [2.24, 2.45) is 0 Å². The molecule has 0 bridgehead atoms. The summed E-state index contributed by atoms with van der Waals surface area (Å²) in [6.45, 7) is 0.114. The van der Waals surface area contributed by atoms with Gasteiger partial charge in [-0.2, -0.15) is 0 Å². The number of halogens is 1. The number of carbonyl (C=O) groups excluding carboxylic acids is 1. The van der Waals surface area contributed by atoms with Crippen LogP contribution in [0.15, 0.2) is 36.2 Å². The maximum atomic E-state index is 10.8. The van der Waals surface area contributed by atoms with Crippen LogP contribution in [-0.4, -0.2) is 12.4 Å². The van der Waals surface area contributed by atoms with Crippen LogP contribution in [0.25, 0.3) is 0 Å². The predicted molar refractivity (Wildman–Crippen MR) is 54.1 cm³/mol. The van der Waals surface area contributed by atoms with E-state index >= 15 is 0 Å². The van der Waals surface area contributed by atoms with Gasteiger partial charge in [-0.1, -0.05) is 17.7 Å². The van der Waals surface area contributed by atoms with Crippen molar-refractivity contribution in [2.45, 2.75) is 0 Å². The first kappa shape index (κ1) is 9.09. The van der Waals surface area contributed by atoms with Crippen LogP contribution >= 0.6 is 11.6 Å². The summed E-state index contributed by atoms with van der Waals surface area (Å²) in [4.78, 5) is 10.8. The fourth-order valence-corrected chi connectivity index (χ4v) is 1.35. The second kappa shape index (κ2) is 3.72. The summed E-state index contributed by atoms with van der Waals surface area (Å²) in [6, 6.07) is 7.21. The lowest BCUT2D eigenvalue weighted by atomic mass is 10.3. The van der Waals surface area contributed by atoms with Gasteiger partial charge >= 0.3 is 0 Å². The summed E-state index contributed by atoms with van der Waals surface area (Å²) in [6.07, 6.45) is 1.43. The van der Waals surface area contributed by atoms with Gasteiger partial charge in [0.1, 0.15) is 0 Å².